The Bertz CT molecular complexity index is 1130. The van der Waals surface area contributed by atoms with E-state index in [-0.39, 0.29) is 29.5 Å². The van der Waals surface area contributed by atoms with E-state index < -0.39 is 34.1 Å². The third kappa shape index (κ3) is 4.24. The zero-order chi connectivity index (χ0) is 23.0. The fraction of sp³-hybridized carbons (Fsp3) is 0.450. The monoisotopic (exact) mass is 466 g/mol. The molecule has 2 aromatic rings. The summed E-state index contributed by atoms with van der Waals surface area (Å²) in [6.07, 6.45) is 2.01. The first-order chi connectivity index (χ1) is 15.2. The number of hydrogen-bond donors (Lipinski definition) is 1. The highest BCUT2D eigenvalue weighted by Crippen LogP contribution is 2.34. The molecule has 0 aromatic carbocycles. The minimum Gasteiger partial charge on any atom is -0.354 e. The van der Waals surface area contributed by atoms with E-state index in [4.69, 9.17) is 0 Å². The maximum atomic E-state index is 13.8. The summed E-state index contributed by atoms with van der Waals surface area (Å²) in [7, 11) is -2.44. The largest absolute Gasteiger partial charge is 0.354 e. The lowest BCUT2D eigenvalue weighted by molar-refractivity contribution is 0.254. The Labute approximate surface area is 185 Å². The number of amides is 2. The quantitative estimate of drug-likeness (QED) is 0.731. The summed E-state index contributed by atoms with van der Waals surface area (Å²) in [6.45, 7) is 2.57. The van der Waals surface area contributed by atoms with Crippen LogP contribution in [-0.4, -0.2) is 67.6 Å². The minimum absolute atomic E-state index is 0.0503. The number of pyridine rings is 2. The SMILES string of the molecule is CC1CCN(C)S(=O)(=O)c2ccc(N3CC[C@H](F)C3)nc2N1C(=O)Nc1cncc(F)c1. The molecule has 2 aliphatic heterocycles. The number of carbonyl (C=O) groups is 1. The average molecular weight is 467 g/mol. The van der Waals surface area contributed by atoms with Gasteiger partial charge in [-0.15, -0.1) is 0 Å². The van der Waals surface area contributed by atoms with Gasteiger partial charge < -0.3 is 10.2 Å². The van der Waals surface area contributed by atoms with Crippen LogP contribution in [0.15, 0.2) is 35.5 Å². The highest BCUT2D eigenvalue weighted by atomic mass is 32.2. The maximum Gasteiger partial charge on any atom is 0.327 e. The summed E-state index contributed by atoms with van der Waals surface area (Å²) in [5.41, 5.74) is 0.127. The van der Waals surface area contributed by atoms with Crippen LogP contribution >= 0.6 is 0 Å². The topological polar surface area (TPSA) is 98.7 Å². The van der Waals surface area contributed by atoms with Crippen molar-refractivity contribution < 1.29 is 22.0 Å². The molecule has 12 heteroatoms. The van der Waals surface area contributed by atoms with E-state index in [2.05, 4.69) is 15.3 Å². The molecule has 0 saturated carbocycles. The lowest BCUT2D eigenvalue weighted by Gasteiger charge is -2.34. The molecule has 2 aliphatic rings. The van der Waals surface area contributed by atoms with E-state index in [0.29, 0.717) is 25.2 Å². The predicted octanol–water partition coefficient (Wildman–Crippen LogP) is 2.62. The van der Waals surface area contributed by atoms with Crippen LogP contribution in [-0.2, 0) is 10.0 Å². The van der Waals surface area contributed by atoms with Gasteiger partial charge in [-0.2, -0.15) is 0 Å². The number of anilines is 3. The van der Waals surface area contributed by atoms with Crippen LogP contribution in [0.2, 0.25) is 0 Å². The second-order valence-electron chi connectivity index (χ2n) is 7.98. The van der Waals surface area contributed by atoms with E-state index in [1.54, 1.807) is 11.8 Å². The first-order valence-corrected chi connectivity index (χ1v) is 11.7. The van der Waals surface area contributed by atoms with Gasteiger partial charge in [-0.25, -0.2) is 31.3 Å². The van der Waals surface area contributed by atoms with Crippen molar-refractivity contribution in [1.29, 1.82) is 0 Å². The summed E-state index contributed by atoms with van der Waals surface area (Å²) < 4.78 is 54.8. The number of hydrogen-bond acceptors (Lipinski definition) is 6. The Hall–Kier alpha value is -2.86. The van der Waals surface area contributed by atoms with Crippen molar-refractivity contribution in [2.45, 2.75) is 36.9 Å². The summed E-state index contributed by atoms with van der Waals surface area (Å²) in [5, 5.41) is 2.57. The Kier molecular flexibility index (Phi) is 5.99. The highest BCUT2D eigenvalue weighted by Gasteiger charge is 2.36. The van der Waals surface area contributed by atoms with Crippen LogP contribution in [0.3, 0.4) is 0 Å². The van der Waals surface area contributed by atoms with Crippen LogP contribution in [0.25, 0.3) is 0 Å². The first-order valence-electron chi connectivity index (χ1n) is 10.2. The Morgan fingerprint density at radius 3 is 2.69 bits per heavy atom. The summed E-state index contributed by atoms with van der Waals surface area (Å²) in [5.74, 6) is -0.284. The van der Waals surface area contributed by atoms with Gasteiger partial charge in [0.1, 0.15) is 22.7 Å². The molecule has 1 unspecified atom stereocenters. The Morgan fingerprint density at radius 2 is 2.00 bits per heavy atom. The number of aromatic nitrogens is 2. The van der Waals surface area contributed by atoms with Gasteiger partial charge in [-0.1, -0.05) is 0 Å². The summed E-state index contributed by atoms with van der Waals surface area (Å²) in [6, 6.07) is 2.95. The molecular formula is C20H24F2N6O3S. The van der Waals surface area contributed by atoms with Crippen molar-refractivity contribution >= 4 is 33.4 Å². The zero-order valence-electron chi connectivity index (χ0n) is 17.7. The smallest absolute Gasteiger partial charge is 0.327 e. The second kappa shape index (κ2) is 8.58. The zero-order valence-corrected chi connectivity index (χ0v) is 18.5. The van der Waals surface area contributed by atoms with Gasteiger partial charge in [0.15, 0.2) is 5.82 Å². The molecule has 2 atom stereocenters. The Morgan fingerprint density at radius 1 is 1.22 bits per heavy atom. The van der Waals surface area contributed by atoms with Gasteiger partial charge in [0.25, 0.3) is 0 Å². The lowest BCUT2D eigenvalue weighted by Crippen LogP contribution is -2.47. The van der Waals surface area contributed by atoms with Gasteiger partial charge >= 0.3 is 6.03 Å². The number of fused-ring (bicyclic) bond motifs is 1. The normalized spacial score (nSPS) is 23.4. The molecule has 0 aliphatic carbocycles. The van der Waals surface area contributed by atoms with Gasteiger partial charge in [-0.05, 0) is 31.9 Å². The number of halogens is 2. The van der Waals surface area contributed by atoms with Gasteiger partial charge in [0.05, 0.1) is 24.6 Å². The molecule has 0 spiro atoms. The first kappa shape index (κ1) is 22.3. The second-order valence-corrected chi connectivity index (χ2v) is 9.99. The van der Waals surface area contributed by atoms with Gasteiger partial charge in [0.2, 0.25) is 10.0 Å². The number of nitrogens with one attached hydrogen (secondary N) is 1. The van der Waals surface area contributed by atoms with E-state index in [0.717, 1.165) is 12.3 Å². The van der Waals surface area contributed by atoms with Crippen LogP contribution < -0.4 is 15.1 Å². The van der Waals surface area contributed by atoms with Crippen LogP contribution in [0.1, 0.15) is 19.8 Å². The fourth-order valence-corrected chi connectivity index (χ4v) is 5.15. The van der Waals surface area contributed by atoms with Crippen LogP contribution in [0.4, 0.5) is 30.9 Å². The standard InChI is InChI=1S/C20H24F2N6O3S/c1-13-5-7-26(2)32(30,31)17-3-4-18(27-8-6-14(21)12-27)25-19(17)28(13)20(29)24-16-9-15(22)10-23-11-16/h3-4,9-11,13-14H,5-8,12H2,1-2H3,(H,24,29)/t13?,14-/m0/s1. The van der Waals surface area contributed by atoms with E-state index in [9.17, 15) is 22.0 Å². The van der Waals surface area contributed by atoms with Crippen molar-refractivity contribution in [3.63, 3.8) is 0 Å². The molecular weight excluding hydrogens is 442 g/mol. The predicted molar refractivity (Wildman–Crippen MR) is 116 cm³/mol. The molecule has 1 saturated heterocycles. The third-order valence-electron chi connectivity index (χ3n) is 5.67. The number of rotatable bonds is 2. The van der Waals surface area contributed by atoms with Crippen LogP contribution in [0.5, 0.6) is 0 Å². The number of carbonyl (C=O) groups excluding carboxylic acids is 1. The average Bonchev–Trinajstić information content (AvgIpc) is 3.17. The lowest BCUT2D eigenvalue weighted by atomic mass is 10.2. The number of nitrogens with zero attached hydrogens (tertiary/aromatic N) is 5. The molecule has 9 nitrogen and oxygen atoms in total. The highest BCUT2D eigenvalue weighted by molar-refractivity contribution is 7.89. The van der Waals surface area contributed by atoms with E-state index >= 15 is 0 Å². The molecule has 4 heterocycles. The maximum absolute atomic E-state index is 13.8. The fourth-order valence-electron chi connectivity index (χ4n) is 3.86. The summed E-state index contributed by atoms with van der Waals surface area (Å²) >= 11 is 0. The van der Waals surface area contributed by atoms with Crippen molar-refractivity contribution in [3.05, 3.63) is 36.4 Å². The molecule has 4 rings (SSSR count). The van der Waals surface area contributed by atoms with Crippen LogP contribution in [0, 0.1) is 5.82 Å². The molecule has 1 fully saturated rings. The van der Waals surface area contributed by atoms with Crippen molar-refractivity contribution in [2.75, 3.05) is 41.8 Å². The molecule has 2 amide bonds. The number of urea groups is 1. The van der Waals surface area contributed by atoms with E-state index in [1.165, 1.54) is 34.6 Å². The molecule has 0 bridgehead atoms. The van der Waals surface area contributed by atoms with Crippen molar-refractivity contribution in [3.8, 4) is 0 Å². The summed E-state index contributed by atoms with van der Waals surface area (Å²) in [4.78, 5) is 24.3. The molecule has 32 heavy (non-hydrogen) atoms. The Balaban J connectivity index is 1.79. The molecule has 1 N–H and O–H groups in total. The van der Waals surface area contributed by atoms with Gasteiger partial charge in [0, 0.05) is 32.2 Å². The van der Waals surface area contributed by atoms with Gasteiger partial charge in [-0.3, -0.25) is 9.88 Å². The number of sulfonamides is 1. The molecule has 172 valence electrons. The van der Waals surface area contributed by atoms with Crippen molar-refractivity contribution in [1.82, 2.24) is 14.3 Å². The third-order valence-corrected chi connectivity index (χ3v) is 7.55. The molecule has 2 aromatic heterocycles. The minimum atomic E-state index is -3.92. The molecule has 0 radical (unpaired) electrons. The van der Waals surface area contributed by atoms with E-state index in [1.807, 2.05) is 0 Å². The number of alkyl halides is 1. The van der Waals surface area contributed by atoms with Crippen molar-refractivity contribution in [2.24, 2.45) is 0 Å².